The molecule has 1 saturated heterocycles. The van der Waals surface area contributed by atoms with Crippen LogP contribution in [0.4, 0.5) is 0 Å². The molecule has 0 radical (unpaired) electrons. The molecule has 3 heterocycles. The highest BCUT2D eigenvalue weighted by molar-refractivity contribution is 7.10. The first-order valence-corrected chi connectivity index (χ1v) is 8.84. The zero-order chi connectivity index (χ0) is 15.8. The standard InChI is InChI=1S/C18H19N3OS/c1-20-15-7-3-2-6-13(15)19-14(18(20)22)12-21-10-4-8-16(21)17-9-5-11-23-17/h2-3,5-7,9,11,16H,4,8,10,12H2,1H3/t16-/m1/s1. The van der Waals surface area contributed by atoms with Gasteiger partial charge in [-0.3, -0.25) is 9.69 Å². The molecule has 0 N–H and O–H groups in total. The summed E-state index contributed by atoms with van der Waals surface area (Å²) in [5, 5.41) is 2.12. The number of thiophene rings is 1. The molecule has 4 nitrogen and oxygen atoms in total. The van der Waals surface area contributed by atoms with E-state index < -0.39 is 0 Å². The Kier molecular flexibility index (Phi) is 3.75. The Balaban J connectivity index is 1.70. The molecule has 118 valence electrons. The monoisotopic (exact) mass is 325 g/mol. The molecule has 0 saturated carbocycles. The number of fused-ring (bicyclic) bond motifs is 1. The van der Waals surface area contributed by atoms with Crippen LogP contribution in [0.15, 0.2) is 46.6 Å². The summed E-state index contributed by atoms with van der Waals surface area (Å²) in [6, 6.07) is 12.5. The molecule has 4 rings (SSSR count). The predicted molar refractivity (Wildman–Crippen MR) is 93.7 cm³/mol. The van der Waals surface area contributed by atoms with E-state index in [1.165, 1.54) is 11.3 Å². The number of hydrogen-bond donors (Lipinski definition) is 0. The Morgan fingerprint density at radius 3 is 2.96 bits per heavy atom. The van der Waals surface area contributed by atoms with Crippen LogP contribution < -0.4 is 5.56 Å². The van der Waals surface area contributed by atoms with E-state index in [9.17, 15) is 4.79 Å². The van der Waals surface area contributed by atoms with Gasteiger partial charge in [-0.2, -0.15) is 0 Å². The van der Waals surface area contributed by atoms with E-state index in [2.05, 4.69) is 27.4 Å². The van der Waals surface area contributed by atoms with Crippen molar-refractivity contribution in [2.75, 3.05) is 6.54 Å². The van der Waals surface area contributed by atoms with Crippen molar-refractivity contribution in [3.05, 3.63) is 62.7 Å². The van der Waals surface area contributed by atoms with Crippen LogP contribution in [0.3, 0.4) is 0 Å². The van der Waals surface area contributed by atoms with Gasteiger partial charge >= 0.3 is 0 Å². The van der Waals surface area contributed by atoms with Crippen molar-refractivity contribution >= 4 is 22.4 Å². The number of para-hydroxylation sites is 2. The third kappa shape index (κ3) is 2.60. The molecule has 1 fully saturated rings. The second-order valence-corrected chi connectivity index (χ2v) is 7.03. The minimum Gasteiger partial charge on any atom is -0.308 e. The van der Waals surface area contributed by atoms with Crippen molar-refractivity contribution in [3.8, 4) is 0 Å². The summed E-state index contributed by atoms with van der Waals surface area (Å²) in [5.74, 6) is 0. The van der Waals surface area contributed by atoms with Gasteiger partial charge in [0.2, 0.25) is 0 Å². The number of hydrogen-bond acceptors (Lipinski definition) is 4. The lowest BCUT2D eigenvalue weighted by Gasteiger charge is -2.23. The van der Waals surface area contributed by atoms with Gasteiger partial charge in [-0.25, -0.2) is 4.98 Å². The second-order valence-electron chi connectivity index (χ2n) is 6.06. The molecule has 3 aromatic rings. The van der Waals surface area contributed by atoms with E-state index in [1.807, 2.05) is 31.3 Å². The van der Waals surface area contributed by atoms with Crippen molar-refractivity contribution in [3.63, 3.8) is 0 Å². The first-order valence-electron chi connectivity index (χ1n) is 7.96. The molecule has 23 heavy (non-hydrogen) atoms. The summed E-state index contributed by atoms with van der Waals surface area (Å²) in [6.07, 6.45) is 2.34. The Labute approximate surface area is 139 Å². The lowest BCUT2D eigenvalue weighted by Crippen LogP contribution is -2.30. The maximum atomic E-state index is 12.6. The SMILES string of the molecule is Cn1c(=O)c(CN2CCC[C@@H]2c2cccs2)nc2ccccc21. The minimum absolute atomic E-state index is 0.0144. The molecule has 5 heteroatoms. The fourth-order valence-corrected chi connectivity index (χ4v) is 4.35. The maximum absolute atomic E-state index is 12.6. The smallest absolute Gasteiger partial charge is 0.273 e. The average molecular weight is 325 g/mol. The Morgan fingerprint density at radius 2 is 2.13 bits per heavy atom. The van der Waals surface area contributed by atoms with Crippen LogP contribution in [0.2, 0.25) is 0 Å². The van der Waals surface area contributed by atoms with Crippen molar-refractivity contribution in [2.45, 2.75) is 25.4 Å². The lowest BCUT2D eigenvalue weighted by atomic mass is 10.2. The highest BCUT2D eigenvalue weighted by Crippen LogP contribution is 2.35. The highest BCUT2D eigenvalue weighted by Gasteiger charge is 2.28. The van der Waals surface area contributed by atoms with Crippen LogP contribution in [-0.4, -0.2) is 21.0 Å². The van der Waals surface area contributed by atoms with Crippen LogP contribution in [0, 0.1) is 0 Å². The van der Waals surface area contributed by atoms with Crippen LogP contribution in [0.5, 0.6) is 0 Å². The third-order valence-corrected chi connectivity index (χ3v) is 5.61. The van der Waals surface area contributed by atoms with Gasteiger partial charge < -0.3 is 4.57 Å². The van der Waals surface area contributed by atoms with Crippen LogP contribution in [0.1, 0.15) is 29.5 Å². The molecule has 0 bridgehead atoms. The highest BCUT2D eigenvalue weighted by atomic mass is 32.1. The quantitative estimate of drug-likeness (QED) is 0.741. The summed E-state index contributed by atoms with van der Waals surface area (Å²) < 4.78 is 1.72. The van der Waals surface area contributed by atoms with Gasteiger partial charge in [0.05, 0.1) is 11.0 Å². The summed E-state index contributed by atoms with van der Waals surface area (Å²) in [4.78, 5) is 21.1. The second kappa shape index (κ2) is 5.91. The van der Waals surface area contributed by atoms with Crippen molar-refractivity contribution in [2.24, 2.45) is 7.05 Å². The lowest BCUT2D eigenvalue weighted by molar-refractivity contribution is 0.247. The predicted octanol–water partition coefficient (Wildman–Crippen LogP) is 3.33. The Morgan fingerprint density at radius 1 is 1.26 bits per heavy atom. The van der Waals surface area contributed by atoms with Gasteiger partial charge in [0.1, 0.15) is 5.69 Å². The number of rotatable bonds is 3. The Hall–Kier alpha value is -1.98. The largest absolute Gasteiger partial charge is 0.308 e. The number of aryl methyl sites for hydroxylation is 1. The fraction of sp³-hybridized carbons (Fsp3) is 0.333. The summed E-state index contributed by atoms with van der Waals surface area (Å²) in [7, 11) is 1.83. The minimum atomic E-state index is 0.0144. The molecule has 2 aromatic heterocycles. The number of benzene rings is 1. The van der Waals surface area contributed by atoms with Gasteiger partial charge in [-0.1, -0.05) is 18.2 Å². The van der Waals surface area contributed by atoms with E-state index in [0.29, 0.717) is 18.3 Å². The molecule has 0 amide bonds. The van der Waals surface area contributed by atoms with Crippen molar-refractivity contribution in [1.29, 1.82) is 0 Å². The summed E-state index contributed by atoms with van der Waals surface area (Å²) >= 11 is 1.80. The first-order chi connectivity index (χ1) is 11.2. The van der Waals surface area contributed by atoms with Crippen LogP contribution in [-0.2, 0) is 13.6 Å². The van der Waals surface area contributed by atoms with Crippen LogP contribution in [0.25, 0.3) is 11.0 Å². The molecular formula is C18H19N3OS. The number of aromatic nitrogens is 2. The first kappa shape index (κ1) is 14.6. The topological polar surface area (TPSA) is 38.1 Å². The van der Waals surface area contributed by atoms with Crippen LogP contribution >= 0.6 is 11.3 Å². The molecule has 1 aromatic carbocycles. The molecule has 1 atom stereocenters. The average Bonchev–Trinajstić information content (AvgIpc) is 3.23. The molecular weight excluding hydrogens is 306 g/mol. The number of likely N-dealkylation sites (tertiary alicyclic amines) is 1. The van der Waals surface area contributed by atoms with Crippen molar-refractivity contribution < 1.29 is 0 Å². The number of nitrogens with zero attached hydrogens (tertiary/aromatic N) is 3. The van der Waals surface area contributed by atoms with E-state index in [-0.39, 0.29) is 5.56 Å². The van der Waals surface area contributed by atoms with E-state index in [1.54, 1.807) is 15.9 Å². The van der Waals surface area contributed by atoms with E-state index in [4.69, 9.17) is 0 Å². The van der Waals surface area contributed by atoms with Gasteiger partial charge in [-0.15, -0.1) is 11.3 Å². The zero-order valence-electron chi connectivity index (χ0n) is 13.1. The van der Waals surface area contributed by atoms with E-state index >= 15 is 0 Å². The summed E-state index contributed by atoms with van der Waals surface area (Å²) in [6.45, 7) is 1.65. The van der Waals surface area contributed by atoms with Crippen molar-refractivity contribution in [1.82, 2.24) is 14.5 Å². The molecule has 1 aliphatic heterocycles. The fourth-order valence-electron chi connectivity index (χ4n) is 3.45. The maximum Gasteiger partial charge on any atom is 0.273 e. The van der Waals surface area contributed by atoms with Gasteiger partial charge in [-0.05, 0) is 43.0 Å². The van der Waals surface area contributed by atoms with Gasteiger partial charge in [0, 0.05) is 24.5 Å². The van der Waals surface area contributed by atoms with Gasteiger partial charge in [0.15, 0.2) is 0 Å². The third-order valence-electron chi connectivity index (χ3n) is 4.64. The molecule has 0 aliphatic carbocycles. The zero-order valence-corrected chi connectivity index (χ0v) is 13.9. The molecule has 0 unspecified atom stereocenters. The van der Waals surface area contributed by atoms with Gasteiger partial charge in [0.25, 0.3) is 5.56 Å². The Bertz CT molecular complexity index is 885. The molecule has 1 aliphatic rings. The normalized spacial score (nSPS) is 18.7. The summed E-state index contributed by atoms with van der Waals surface area (Å²) in [5.41, 5.74) is 2.43. The van der Waals surface area contributed by atoms with E-state index in [0.717, 1.165) is 24.0 Å². The molecule has 0 spiro atoms.